The van der Waals surface area contributed by atoms with Gasteiger partial charge in [0.1, 0.15) is 0 Å². The summed E-state index contributed by atoms with van der Waals surface area (Å²) in [7, 11) is 0. The standard InChI is InChI=1S/C14H20O6/c1-4-10-7-8-19-11(10)9-20-12(13(15)17-5-2)14(16)18-6-3/h1,10-12H,5-9H2,2-3H3. The Morgan fingerprint density at radius 3 is 2.40 bits per heavy atom. The first kappa shape index (κ1) is 16.5. The molecule has 0 aliphatic carbocycles. The van der Waals surface area contributed by atoms with Crippen LogP contribution in [0.3, 0.4) is 0 Å². The predicted molar refractivity (Wildman–Crippen MR) is 69.7 cm³/mol. The van der Waals surface area contributed by atoms with Crippen molar-refractivity contribution in [2.45, 2.75) is 32.5 Å². The molecular weight excluding hydrogens is 264 g/mol. The van der Waals surface area contributed by atoms with E-state index in [1.54, 1.807) is 13.8 Å². The maximum Gasteiger partial charge on any atom is 0.347 e. The molecule has 0 aromatic heterocycles. The van der Waals surface area contributed by atoms with Gasteiger partial charge in [-0.1, -0.05) is 0 Å². The molecule has 0 saturated carbocycles. The molecule has 1 aliphatic heterocycles. The Kier molecular flexibility index (Phi) is 7.05. The van der Waals surface area contributed by atoms with Gasteiger partial charge >= 0.3 is 11.9 Å². The molecule has 6 nitrogen and oxygen atoms in total. The second-order valence-corrected chi connectivity index (χ2v) is 4.19. The summed E-state index contributed by atoms with van der Waals surface area (Å²) in [5, 5.41) is 0. The van der Waals surface area contributed by atoms with E-state index in [0.717, 1.165) is 6.42 Å². The minimum atomic E-state index is -1.39. The molecule has 0 radical (unpaired) electrons. The van der Waals surface area contributed by atoms with Gasteiger partial charge in [0, 0.05) is 6.61 Å². The van der Waals surface area contributed by atoms with Gasteiger partial charge in [0.25, 0.3) is 6.10 Å². The van der Waals surface area contributed by atoms with E-state index in [0.29, 0.717) is 6.61 Å². The summed E-state index contributed by atoms with van der Waals surface area (Å²) in [6.07, 6.45) is 4.42. The number of rotatable bonds is 7. The van der Waals surface area contributed by atoms with Crippen molar-refractivity contribution in [2.24, 2.45) is 5.92 Å². The monoisotopic (exact) mass is 284 g/mol. The van der Waals surface area contributed by atoms with Crippen LogP contribution < -0.4 is 0 Å². The number of terminal acetylenes is 1. The lowest BCUT2D eigenvalue weighted by Gasteiger charge is -2.19. The molecule has 1 saturated heterocycles. The average molecular weight is 284 g/mol. The van der Waals surface area contributed by atoms with Crippen molar-refractivity contribution < 1.29 is 28.5 Å². The van der Waals surface area contributed by atoms with E-state index in [1.807, 2.05) is 0 Å². The topological polar surface area (TPSA) is 71.1 Å². The fourth-order valence-electron chi connectivity index (χ4n) is 1.86. The van der Waals surface area contributed by atoms with Crippen LogP contribution in [0.2, 0.25) is 0 Å². The molecule has 1 rings (SSSR count). The van der Waals surface area contributed by atoms with Gasteiger partial charge in [-0.25, -0.2) is 9.59 Å². The number of ether oxygens (including phenoxy) is 4. The van der Waals surface area contributed by atoms with Crippen molar-refractivity contribution in [2.75, 3.05) is 26.4 Å². The summed E-state index contributed by atoms with van der Waals surface area (Å²) in [4.78, 5) is 23.4. The van der Waals surface area contributed by atoms with E-state index < -0.39 is 18.0 Å². The van der Waals surface area contributed by atoms with Gasteiger partial charge in [-0.15, -0.1) is 12.3 Å². The van der Waals surface area contributed by atoms with E-state index in [4.69, 9.17) is 25.4 Å². The smallest absolute Gasteiger partial charge is 0.347 e. The minimum absolute atomic E-state index is 0.0527. The molecule has 2 atom stereocenters. The lowest BCUT2D eigenvalue weighted by Crippen LogP contribution is -2.38. The van der Waals surface area contributed by atoms with Crippen molar-refractivity contribution in [3.63, 3.8) is 0 Å². The highest BCUT2D eigenvalue weighted by Gasteiger charge is 2.34. The SMILES string of the molecule is C#CC1CCOC1COC(C(=O)OCC)C(=O)OCC. The largest absolute Gasteiger partial charge is 0.464 e. The molecule has 1 aliphatic rings. The van der Waals surface area contributed by atoms with Crippen LogP contribution in [0.15, 0.2) is 0 Å². The van der Waals surface area contributed by atoms with Gasteiger partial charge in [-0.05, 0) is 20.3 Å². The van der Waals surface area contributed by atoms with Crippen molar-refractivity contribution in [3.8, 4) is 12.3 Å². The third-order valence-electron chi connectivity index (χ3n) is 2.85. The zero-order chi connectivity index (χ0) is 15.0. The van der Waals surface area contributed by atoms with Crippen molar-refractivity contribution in [1.29, 1.82) is 0 Å². The summed E-state index contributed by atoms with van der Waals surface area (Å²) >= 11 is 0. The zero-order valence-corrected chi connectivity index (χ0v) is 11.8. The summed E-state index contributed by atoms with van der Waals surface area (Å²) < 4.78 is 20.3. The van der Waals surface area contributed by atoms with E-state index in [2.05, 4.69) is 5.92 Å². The van der Waals surface area contributed by atoms with Gasteiger partial charge in [-0.2, -0.15) is 0 Å². The van der Waals surface area contributed by atoms with Crippen LogP contribution in [-0.4, -0.2) is 50.6 Å². The molecular formula is C14H20O6. The zero-order valence-electron chi connectivity index (χ0n) is 11.8. The molecule has 112 valence electrons. The maximum absolute atomic E-state index is 11.7. The molecule has 0 spiro atoms. The van der Waals surface area contributed by atoms with Crippen molar-refractivity contribution in [1.82, 2.24) is 0 Å². The second kappa shape index (κ2) is 8.56. The Labute approximate surface area is 118 Å². The molecule has 6 heteroatoms. The van der Waals surface area contributed by atoms with E-state index in [9.17, 15) is 9.59 Å². The number of carbonyl (C=O) groups excluding carboxylic acids is 2. The van der Waals surface area contributed by atoms with Crippen LogP contribution in [0.25, 0.3) is 0 Å². The molecule has 20 heavy (non-hydrogen) atoms. The molecule has 0 amide bonds. The third-order valence-corrected chi connectivity index (χ3v) is 2.85. The Morgan fingerprint density at radius 1 is 1.30 bits per heavy atom. The van der Waals surface area contributed by atoms with Gasteiger partial charge in [0.05, 0.1) is 31.8 Å². The third kappa shape index (κ3) is 4.51. The van der Waals surface area contributed by atoms with E-state index in [1.165, 1.54) is 0 Å². The van der Waals surface area contributed by atoms with Crippen LogP contribution in [0, 0.1) is 18.3 Å². The highest BCUT2D eigenvalue weighted by atomic mass is 16.6. The molecule has 0 bridgehead atoms. The molecule has 0 aromatic carbocycles. The first-order chi connectivity index (χ1) is 9.63. The highest BCUT2D eigenvalue weighted by molar-refractivity contribution is 5.98. The normalized spacial score (nSPS) is 21.5. The fourth-order valence-corrected chi connectivity index (χ4v) is 1.86. The van der Waals surface area contributed by atoms with Gasteiger partial charge < -0.3 is 18.9 Å². The average Bonchev–Trinajstić information content (AvgIpc) is 2.87. The molecule has 1 heterocycles. The van der Waals surface area contributed by atoms with E-state index in [-0.39, 0.29) is 31.8 Å². The lowest BCUT2D eigenvalue weighted by atomic mass is 10.0. The Balaban J connectivity index is 2.58. The minimum Gasteiger partial charge on any atom is -0.464 e. The Bertz CT molecular complexity index is 354. The number of hydrogen-bond donors (Lipinski definition) is 0. The van der Waals surface area contributed by atoms with Gasteiger partial charge in [0.2, 0.25) is 0 Å². The second-order valence-electron chi connectivity index (χ2n) is 4.19. The summed E-state index contributed by atoms with van der Waals surface area (Å²) in [6, 6.07) is 0. The molecule has 0 aromatic rings. The van der Waals surface area contributed by atoms with Crippen LogP contribution in [-0.2, 0) is 28.5 Å². The summed E-state index contributed by atoms with van der Waals surface area (Å²) in [5.74, 6) is 1.01. The van der Waals surface area contributed by atoms with Crippen molar-refractivity contribution in [3.05, 3.63) is 0 Å². The molecule has 2 unspecified atom stereocenters. The van der Waals surface area contributed by atoms with Gasteiger partial charge in [-0.3, -0.25) is 0 Å². The van der Waals surface area contributed by atoms with Crippen LogP contribution in [0.5, 0.6) is 0 Å². The first-order valence-electron chi connectivity index (χ1n) is 6.66. The van der Waals surface area contributed by atoms with Crippen molar-refractivity contribution >= 4 is 11.9 Å². The quantitative estimate of drug-likeness (QED) is 0.386. The number of hydrogen-bond acceptors (Lipinski definition) is 6. The summed E-state index contributed by atoms with van der Waals surface area (Å²) in [6.45, 7) is 4.21. The van der Waals surface area contributed by atoms with Crippen LogP contribution in [0.4, 0.5) is 0 Å². The molecule has 1 fully saturated rings. The predicted octanol–water partition coefficient (Wildman–Crippen LogP) is 0.536. The first-order valence-corrected chi connectivity index (χ1v) is 6.66. The fraction of sp³-hybridized carbons (Fsp3) is 0.714. The van der Waals surface area contributed by atoms with Crippen LogP contribution >= 0.6 is 0 Å². The number of carbonyl (C=O) groups is 2. The number of esters is 2. The highest BCUT2D eigenvalue weighted by Crippen LogP contribution is 2.20. The Hall–Kier alpha value is -1.58. The van der Waals surface area contributed by atoms with Crippen LogP contribution in [0.1, 0.15) is 20.3 Å². The Morgan fingerprint density at radius 2 is 1.90 bits per heavy atom. The maximum atomic E-state index is 11.7. The van der Waals surface area contributed by atoms with Gasteiger partial charge in [0.15, 0.2) is 0 Å². The lowest BCUT2D eigenvalue weighted by molar-refractivity contribution is -0.175. The van der Waals surface area contributed by atoms with E-state index >= 15 is 0 Å². The summed E-state index contributed by atoms with van der Waals surface area (Å²) in [5.41, 5.74) is 0. The molecule has 0 N–H and O–H groups in total.